The zero-order valence-electron chi connectivity index (χ0n) is 20.0. The number of piperazine rings is 1. The Bertz CT molecular complexity index is 502. The SMILES string of the molecule is CC1N(CC2CCNCC2)CC12CN(C)C2.CN1CCN(CC2CCNCC2)CC1. The minimum atomic E-state index is 0.682. The van der Waals surface area contributed by atoms with E-state index in [2.05, 4.69) is 51.3 Å². The molecular weight excluding hydrogens is 372 g/mol. The van der Waals surface area contributed by atoms with E-state index < -0.39 is 0 Å². The molecule has 0 amide bonds. The molecule has 1 atom stereocenters. The number of rotatable bonds is 4. The van der Waals surface area contributed by atoms with Crippen LogP contribution in [-0.2, 0) is 0 Å². The van der Waals surface area contributed by atoms with Crippen molar-refractivity contribution in [3.05, 3.63) is 0 Å². The predicted molar refractivity (Wildman–Crippen MR) is 126 cm³/mol. The van der Waals surface area contributed by atoms with Gasteiger partial charge in [-0.3, -0.25) is 4.90 Å². The highest BCUT2D eigenvalue weighted by atomic mass is 15.3. The van der Waals surface area contributed by atoms with Gasteiger partial charge in [0.2, 0.25) is 0 Å². The van der Waals surface area contributed by atoms with Gasteiger partial charge in [-0.2, -0.15) is 0 Å². The predicted octanol–water partition coefficient (Wildman–Crippen LogP) is 0.855. The van der Waals surface area contributed by atoms with Crippen LogP contribution in [-0.4, -0.2) is 125 Å². The van der Waals surface area contributed by atoms with E-state index in [1.165, 1.54) is 111 Å². The molecule has 0 aromatic carbocycles. The Labute approximate surface area is 185 Å². The lowest BCUT2D eigenvalue weighted by atomic mass is 9.66. The molecule has 5 aliphatic heterocycles. The Hall–Kier alpha value is -0.240. The number of hydrogen-bond acceptors (Lipinski definition) is 6. The van der Waals surface area contributed by atoms with Crippen molar-refractivity contribution >= 4 is 0 Å². The van der Waals surface area contributed by atoms with Crippen LogP contribution < -0.4 is 10.6 Å². The molecule has 0 radical (unpaired) electrons. The van der Waals surface area contributed by atoms with Crippen molar-refractivity contribution in [2.75, 3.05) is 99.2 Å². The van der Waals surface area contributed by atoms with E-state index in [9.17, 15) is 0 Å². The molecule has 6 heteroatoms. The van der Waals surface area contributed by atoms with E-state index in [1.807, 2.05) is 0 Å². The lowest BCUT2D eigenvalue weighted by molar-refractivity contribution is -0.155. The van der Waals surface area contributed by atoms with Crippen molar-refractivity contribution in [3.8, 4) is 0 Å². The molecule has 1 unspecified atom stereocenters. The number of nitrogens with zero attached hydrogens (tertiary/aromatic N) is 4. The number of likely N-dealkylation sites (N-methyl/N-ethyl adjacent to an activating group) is 1. The third kappa shape index (κ3) is 5.76. The van der Waals surface area contributed by atoms with Crippen molar-refractivity contribution in [1.29, 1.82) is 0 Å². The zero-order chi connectivity index (χ0) is 21.0. The summed E-state index contributed by atoms with van der Waals surface area (Å²) >= 11 is 0. The average Bonchev–Trinajstić information content (AvgIpc) is 2.75. The summed E-state index contributed by atoms with van der Waals surface area (Å²) in [6, 6.07) is 0.832. The molecule has 6 nitrogen and oxygen atoms in total. The third-order valence-electron chi connectivity index (χ3n) is 8.64. The molecule has 5 fully saturated rings. The van der Waals surface area contributed by atoms with Gasteiger partial charge in [-0.05, 0) is 84.7 Å². The van der Waals surface area contributed by atoms with Crippen molar-refractivity contribution in [3.63, 3.8) is 0 Å². The largest absolute Gasteiger partial charge is 0.317 e. The molecule has 0 aromatic rings. The first-order chi connectivity index (χ1) is 14.5. The van der Waals surface area contributed by atoms with Gasteiger partial charge in [0, 0.05) is 70.4 Å². The fraction of sp³-hybridized carbons (Fsp3) is 1.00. The maximum Gasteiger partial charge on any atom is 0.0237 e. The van der Waals surface area contributed by atoms with Gasteiger partial charge in [0.05, 0.1) is 0 Å². The highest BCUT2D eigenvalue weighted by molar-refractivity contribution is 5.10. The highest BCUT2D eigenvalue weighted by Gasteiger charge is 2.55. The molecule has 0 saturated carbocycles. The third-order valence-corrected chi connectivity index (χ3v) is 8.64. The Morgan fingerprint density at radius 1 is 0.700 bits per heavy atom. The first kappa shape index (κ1) is 22.9. The zero-order valence-corrected chi connectivity index (χ0v) is 20.0. The molecule has 0 aliphatic carbocycles. The van der Waals surface area contributed by atoms with Gasteiger partial charge in [-0.1, -0.05) is 0 Å². The van der Waals surface area contributed by atoms with Crippen LogP contribution in [0, 0.1) is 17.3 Å². The molecule has 30 heavy (non-hydrogen) atoms. The summed E-state index contributed by atoms with van der Waals surface area (Å²) in [6.45, 7) is 19.2. The lowest BCUT2D eigenvalue weighted by Crippen LogP contribution is -2.76. The maximum absolute atomic E-state index is 3.45. The first-order valence-corrected chi connectivity index (χ1v) is 12.8. The number of nitrogens with one attached hydrogen (secondary N) is 2. The summed E-state index contributed by atoms with van der Waals surface area (Å²) in [5.41, 5.74) is 0.682. The second kappa shape index (κ2) is 10.6. The molecule has 5 rings (SSSR count). The summed E-state index contributed by atoms with van der Waals surface area (Å²) in [4.78, 5) is 10.3. The topological polar surface area (TPSA) is 37.0 Å². The minimum Gasteiger partial charge on any atom is -0.317 e. The van der Waals surface area contributed by atoms with E-state index in [1.54, 1.807) is 0 Å². The smallest absolute Gasteiger partial charge is 0.0237 e. The molecule has 174 valence electrons. The van der Waals surface area contributed by atoms with Crippen LogP contribution in [0.15, 0.2) is 0 Å². The van der Waals surface area contributed by atoms with E-state index >= 15 is 0 Å². The quantitative estimate of drug-likeness (QED) is 0.703. The molecule has 5 heterocycles. The standard InChI is InChI=1S/C13H25N3.C11H23N3/c1-11-13(8-15(2)9-13)10-16(11)7-12-3-5-14-6-4-12;1-13-6-8-14(9-7-13)10-11-2-4-12-5-3-11/h11-12,14H,3-10H2,1-2H3;11-12H,2-10H2,1H3. The van der Waals surface area contributed by atoms with E-state index in [0.29, 0.717) is 5.41 Å². The van der Waals surface area contributed by atoms with Crippen molar-refractivity contribution in [2.24, 2.45) is 17.3 Å². The molecule has 1 spiro atoms. The van der Waals surface area contributed by atoms with Gasteiger partial charge in [0.1, 0.15) is 0 Å². The summed E-state index contributed by atoms with van der Waals surface area (Å²) in [5, 5.41) is 6.89. The molecule has 0 bridgehead atoms. The van der Waals surface area contributed by atoms with Crippen LogP contribution in [0.5, 0.6) is 0 Å². The summed E-state index contributed by atoms with van der Waals surface area (Å²) in [6.07, 6.45) is 5.53. The second-order valence-corrected chi connectivity index (χ2v) is 11.1. The molecule has 5 saturated heterocycles. The van der Waals surface area contributed by atoms with E-state index in [4.69, 9.17) is 0 Å². The number of hydrogen-bond donors (Lipinski definition) is 2. The van der Waals surface area contributed by atoms with E-state index in [-0.39, 0.29) is 0 Å². The summed E-state index contributed by atoms with van der Waals surface area (Å²) in [5.74, 6) is 1.92. The number of likely N-dealkylation sites (tertiary alicyclic amines) is 2. The highest BCUT2D eigenvalue weighted by Crippen LogP contribution is 2.45. The monoisotopic (exact) mass is 420 g/mol. The second-order valence-electron chi connectivity index (χ2n) is 11.1. The Morgan fingerprint density at radius 3 is 1.73 bits per heavy atom. The van der Waals surface area contributed by atoms with Crippen molar-refractivity contribution in [1.82, 2.24) is 30.2 Å². The van der Waals surface area contributed by atoms with Crippen LogP contribution in [0.1, 0.15) is 32.6 Å². The molecule has 5 aliphatic rings. The minimum absolute atomic E-state index is 0.682. The summed E-state index contributed by atoms with van der Waals surface area (Å²) in [7, 11) is 4.47. The van der Waals surface area contributed by atoms with Crippen LogP contribution in [0.2, 0.25) is 0 Å². The lowest BCUT2D eigenvalue weighted by Gasteiger charge is -2.65. The van der Waals surface area contributed by atoms with Gasteiger partial charge in [-0.15, -0.1) is 0 Å². The fourth-order valence-electron chi connectivity index (χ4n) is 6.42. The van der Waals surface area contributed by atoms with Gasteiger partial charge < -0.3 is 25.3 Å². The van der Waals surface area contributed by atoms with Gasteiger partial charge in [-0.25, -0.2) is 0 Å². The van der Waals surface area contributed by atoms with Gasteiger partial charge >= 0.3 is 0 Å². The molecule has 2 N–H and O–H groups in total. The van der Waals surface area contributed by atoms with Crippen LogP contribution in [0.4, 0.5) is 0 Å². The van der Waals surface area contributed by atoms with E-state index in [0.717, 1.165) is 17.9 Å². The van der Waals surface area contributed by atoms with Crippen LogP contribution in [0.3, 0.4) is 0 Å². The van der Waals surface area contributed by atoms with Crippen LogP contribution in [0.25, 0.3) is 0 Å². The number of piperidine rings is 2. The van der Waals surface area contributed by atoms with Crippen molar-refractivity contribution < 1.29 is 0 Å². The maximum atomic E-state index is 3.45. The Balaban J connectivity index is 0.000000147. The first-order valence-electron chi connectivity index (χ1n) is 12.8. The van der Waals surface area contributed by atoms with Crippen LogP contribution >= 0.6 is 0 Å². The normalized spacial score (nSPS) is 32.3. The summed E-state index contributed by atoms with van der Waals surface area (Å²) < 4.78 is 0. The fourth-order valence-corrected chi connectivity index (χ4v) is 6.42. The van der Waals surface area contributed by atoms with Crippen molar-refractivity contribution in [2.45, 2.75) is 38.6 Å². The average molecular weight is 421 g/mol. The molecular formula is C24H48N6. The van der Waals surface area contributed by atoms with Gasteiger partial charge in [0.15, 0.2) is 0 Å². The Morgan fingerprint density at radius 2 is 1.23 bits per heavy atom. The van der Waals surface area contributed by atoms with Gasteiger partial charge in [0.25, 0.3) is 0 Å². The Kier molecular flexibility index (Phi) is 8.09. The molecule has 0 aromatic heterocycles.